The summed E-state index contributed by atoms with van der Waals surface area (Å²) >= 11 is 1.33. The van der Waals surface area contributed by atoms with E-state index in [-0.39, 0.29) is 12.5 Å². The van der Waals surface area contributed by atoms with Gasteiger partial charge in [0.25, 0.3) is 5.91 Å². The molecule has 1 spiro atoms. The molecule has 1 fully saturated rings. The Balaban J connectivity index is 1.53. The molecule has 37 heavy (non-hydrogen) atoms. The lowest BCUT2D eigenvalue weighted by molar-refractivity contribution is -0.137. The molecule has 2 aliphatic rings. The topological polar surface area (TPSA) is 61.9 Å². The lowest BCUT2D eigenvalue weighted by atomic mass is 10.1. The normalized spacial score (nSPS) is 18.9. The van der Waals surface area contributed by atoms with Crippen LogP contribution in [0.5, 0.6) is 5.75 Å². The molecule has 3 aromatic carbocycles. The third-order valence-electron chi connectivity index (χ3n) is 6.54. The molecule has 6 nitrogen and oxygen atoms in total. The zero-order valence-electron chi connectivity index (χ0n) is 20.1. The molecule has 0 bridgehead atoms. The van der Waals surface area contributed by atoms with Crippen LogP contribution >= 0.6 is 11.8 Å². The Morgan fingerprint density at radius 1 is 1.11 bits per heavy atom. The first-order chi connectivity index (χ1) is 17.6. The van der Waals surface area contributed by atoms with E-state index in [1.807, 2.05) is 19.1 Å². The number of anilines is 2. The summed E-state index contributed by atoms with van der Waals surface area (Å²) in [5.41, 5.74) is 2.30. The largest absolute Gasteiger partial charge is 0.497 e. The number of nitrogens with zero attached hydrogens (tertiary/aromatic N) is 2. The second-order valence-corrected chi connectivity index (χ2v) is 10.2. The zero-order valence-corrected chi connectivity index (χ0v) is 20.9. The molecule has 3 aromatic rings. The molecule has 2 aliphatic heterocycles. The lowest BCUT2D eigenvalue weighted by Crippen LogP contribution is -2.51. The van der Waals surface area contributed by atoms with E-state index in [0.29, 0.717) is 40.5 Å². The summed E-state index contributed by atoms with van der Waals surface area (Å²) in [4.78, 5) is 29.2. The van der Waals surface area contributed by atoms with Crippen molar-refractivity contribution in [1.82, 2.24) is 4.90 Å². The molecule has 0 saturated carbocycles. The fraction of sp³-hybridized carbons (Fsp3) is 0.259. The van der Waals surface area contributed by atoms with Gasteiger partial charge in [0.1, 0.15) is 5.75 Å². The number of hydrogen-bond acceptors (Lipinski definition) is 4. The standard InChI is InChI=1S/C27H24F3N3O3S/c1-17-6-8-20(9-7-17)31-25(35)33-12-13-37-26(33)22-15-21(36-2)10-11-23(22)32(24(26)34)16-18-4-3-5-19(14-18)27(28,29)30/h3-11,14-15H,12-13,16H2,1-2H3,(H,31,35). The van der Waals surface area contributed by atoms with Gasteiger partial charge in [0.05, 0.1) is 24.9 Å². The van der Waals surface area contributed by atoms with E-state index in [1.165, 1.54) is 34.7 Å². The van der Waals surface area contributed by atoms with Crippen LogP contribution in [0.15, 0.2) is 66.7 Å². The van der Waals surface area contributed by atoms with Crippen molar-refractivity contribution in [2.45, 2.75) is 24.5 Å². The van der Waals surface area contributed by atoms with Crippen molar-refractivity contribution >= 4 is 35.1 Å². The van der Waals surface area contributed by atoms with Gasteiger partial charge >= 0.3 is 12.2 Å². The number of benzene rings is 3. The van der Waals surface area contributed by atoms with Crippen LogP contribution in [0.2, 0.25) is 0 Å². The molecule has 0 radical (unpaired) electrons. The van der Waals surface area contributed by atoms with Crippen molar-refractivity contribution in [3.05, 3.63) is 89.0 Å². The van der Waals surface area contributed by atoms with E-state index in [0.717, 1.165) is 17.7 Å². The SMILES string of the molecule is COc1ccc2c(c1)C1(SCCN1C(=O)Nc1ccc(C)cc1)C(=O)N2Cc1cccc(C(F)(F)F)c1. The summed E-state index contributed by atoms with van der Waals surface area (Å²) < 4.78 is 45.3. The number of hydrogen-bond donors (Lipinski definition) is 1. The predicted molar refractivity (Wildman–Crippen MR) is 137 cm³/mol. The molecule has 1 saturated heterocycles. The first kappa shape index (κ1) is 25.0. The minimum absolute atomic E-state index is 0.0716. The maximum atomic E-state index is 14.1. The van der Waals surface area contributed by atoms with Crippen LogP contribution in [0, 0.1) is 6.92 Å². The van der Waals surface area contributed by atoms with E-state index in [2.05, 4.69) is 5.32 Å². The molecular formula is C27H24F3N3O3S. The second-order valence-electron chi connectivity index (χ2n) is 8.91. The van der Waals surface area contributed by atoms with E-state index in [9.17, 15) is 22.8 Å². The Labute approximate surface area is 216 Å². The van der Waals surface area contributed by atoms with Gasteiger partial charge in [0, 0.05) is 23.5 Å². The lowest BCUT2D eigenvalue weighted by Gasteiger charge is -2.33. The molecule has 0 aromatic heterocycles. The minimum atomic E-state index is -4.50. The highest BCUT2D eigenvalue weighted by Gasteiger charge is 2.59. The van der Waals surface area contributed by atoms with Crippen LogP contribution in [0.4, 0.5) is 29.3 Å². The monoisotopic (exact) mass is 527 g/mol. The van der Waals surface area contributed by atoms with Crippen molar-refractivity contribution in [2.24, 2.45) is 0 Å². The fourth-order valence-corrected chi connectivity index (χ4v) is 6.19. The van der Waals surface area contributed by atoms with E-state index < -0.39 is 22.6 Å². The molecule has 2 heterocycles. The summed E-state index contributed by atoms with van der Waals surface area (Å²) in [5.74, 6) is 0.647. The summed E-state index contributed by atoms with van der Waals surface area (Å²) in [6.45, 7) is 2.19. The van der Waals surface area contributed by atoms with Crippen molar-refractivity contribution in [3.8, 4) is 5.75 Å². The van der Waals surface area contributed by atoms with Gasteiger partial charge in [-0.2, -0.15) is 13.2 Å². The highest BCUT2D eigenvalue weighted by atomic mass is 32.2. The maximum absolute atomic E-state index is 14.1. The molecule has 1 unspecified atom stereocenters. The van der Waals surface area contributed by atoms with Gasteiger partial charge in [-0.25, -0.2) is 4.79 Å². The van der Waals surface area contributed by atoms with Crippen molar-refractivity contribution in [1.29, 1.82) is 0 Å². The zero-order chi connectivity index (χ0) is 26.4. The van der Waals surface area contributed by atoms with Gasteiger partial charge in [-0.3, -0.25) is 9.69 Å². The molecule has 0 aliphatic carbocycles. The molecule has 3 amide bonds. The van der Waals surface area contributed by atoms with Crippen LogP contribution in [-0.2, 0) is 22.4 Å². The van der Waals surface area contributed by atoms with Crippen LogP contribution in [0.25, 0.3) is 0 Å². The van der Waals surface area contributed by atoms with Crippen molar-refractivity contribution in [3.63, 3.8) is 0 Å². The average molecular weight is 528 g/mol. The van der Waals surface area contributed by atoms with E-state index in [4.69, 9.17) is 4.74 Å². The Morgan fingerprint density at radius 3 is 2.57 bits per heavy atom. The smallest absolute Gasteiger partial charge is 0.416 e. The molecular weight excluding hydrogens is 503 g/mol. The summed E-state index contributed by atoms with van der Waals surface area (Å²) in [7, 11) is 1.51. The number of carbonyl (C=O) groups excluding carboxylic acids is 2. The highest BCUT2D eigenvalue weighted by Crippen LogP contribution is 2.55. The number of urea groups is 1. The number of amides is 3. The van der Waals surface area contributed by atoms with Crippen LogP contribution < -0.4 is 15.0 Å². The van der Waals surface area contributed by atoms with Crippen LogP contribution in [-0.4, -0.2) is 36.2 Å². The molecule has 5 rings (SSSR count). The van der Waals surface area contributed by atoms with Crippen LogP contribution in [0.1, 0.15) is 22.3 Å². The number of alkyl halides is 3. The number of halogens is 3. The fourth-order valence-electron chi connectivity index (χ4n) is 4.73. The summed E-state index contributed by atoms with van der Waals surface area (Å²) in [6, 6.07) is 17.0. The van der Waals surface area contributed by atoms with Gasteiger partial charge in [0.2, 0.25) is 0 Å². The number of thioether (sulfide) groups is 1. The number of rotatable bonds is 4. The maximum Gasteiger partial charge on any atom is 0.416 e. The first-order valence-electron chi connectivity index (χ1n) is 11.6. The molecule has 192 valence electrons. The Hall–Kier alpha value is -3.66. The predicted octanol–water partition coefficient (Wildman–Crippen LogP) is 6.00. The van der Waals surface area contributed by atoms with Gasteiger partial charge in [0.15, 0.2) is 4.87 Å². The summed E-state index contributed by atoms with van der Waals surface area (Å²) in [6.07, 6.45) is -4.50. The Morgan fingerprint density at radius 2 is 1.86 bits per heavy atom. The molecule has 1 N–H and O–H groups in total. The van der Waals surface area contributed by atoms with E-state index in [1.54, 1.807) is 36.4 Å². The van der Waals surface area contributed by atoms with Crippen LogP contribution in [0.3, 0.4) is 0 Å². The molecule has 10 heteroatoms. The minimum Gasteiger partial charge on any atom is -0.497 e. The van der Waals surface area contributed by atoms with Crippen molar-refractivity contribution in [2.75, 3.05) is 29.6 Å². The molecule has 1 atom stereocenters. The number of carbonyl (C=O) groups is 2. The number of fused-ring (bicyclic) bond motifs is 2. The second kappa shape index (κ2) is 9.33. The number of ether oxygens (including phenoxy) is 1. The highest BCUT2D eigenvalue weighted by molar-refractivity contribution is 8.01. The van der Waals surface area contributed by atoms with Gasteiger partial charge in [-0.15, -0.1) is 11.8 Å². The third-order valence-corrected chi connectivity index (χ3v) is 7.96. The van der Waals surface area contributed by atoms with E-state index >= 15 is 0 Å². The number of methoxy groups -OCH3 is 1. The summed E-state index contributed by atoms with van der Waals surface area (Å²) in [5, 5.41) is 2.88. The average Bonchev–Trinajstić information content (AvgIpc) is 3.42. The van der Waals surface area contributed by atoms with Gasteiger partial charge in [-0.1, -0.05) is 29.8 Å². The third kappa shape index (κ3) is 4.39. The number of nitrogens with one attached hydrogen (secondary N) is 1. The van der Waals surface area contributed by atoms with Gasteiger partial charge < -0.3 is 15.0 Å². The first-order valence-corrected chi connectivity index (χ1v) is 12.6. The van der Waals surface area contributed by atoms with Gasteiger partial charge in [-0.05, 0) is 55.0 Å². The quantitative estimate of drug-likeness (QED) is 0.452. The number of aryl methyl sites for hydroxylation is 1. The van der Waals surface area contributed by atoms with Crippen molar-refractivity contribution < 1.29 is 27.5 Å². The Kier molecular flexibility index (Phi) is 6.31. The Bertz CT molecular complexity index is 1360.